The molecule has 2 radical (unpaired) electrons. The van der Waals surface area contributed by atoms with Crippen LogP contribution in [0.5, 0.6) is 0 Å². The van der Waals surface area contributed by atoms with Crippen LogP contribution in [0.25, 0.3) is 0 Å². The van der Waals surface area contributed by atoms with E-state index in [1.54, 1.807) is 0 Å². The summed E-state index contributed by atoms with van der Waals surface area (Å²) in [5.41, 5.74) is 0. The topological polar surface area (TPSA) is 0 Å². The molecule has 0 aliphatic heterocycles. The molecule has 0 aromatic carbocycles. The van der Waals surface area contributed by atoms with Crippen LogP contribution in [0.2, 0.25) is 0 Å². The predicted molar refractivity (Wildman–Crippen MR) is 5.85 cm³/mol. The normalized spacial score (nSPS) is 0.800. The molecule has 0 aliphatic rings. The van der Waals surface area contributed by atoms with Crippen LogP contribution in [0.3, 0.4) is 0 Å². The Morgan fingerprint density at radius 2 is 1.20 bits per heavy atom. The van der Waals surface area contributed by atoms with Gasteiger partial charge < -0.3 is 0 Å². The van der Waals surface area contributed by atoms with Gasteiger partial charge in [0.2, 0.25) is 0 Å². The van der Waals surface area contributed by atoms with E-state index in [0.29, 0.717) is 0 Å². The van der Waals surface area contributed by atoms with Crippen molar-refractivity contribution in [3.63, 3.8) is 0 Å². The number of halogens is 1. The third kappa shape index (κ3) is 17.7. The molecule has 0 spiro atoms. The average molecular weight is 600 g/mol. The van der Waals surface area contributed by atoms with E-state index in [9.17, 15) is 0 Å². The SMILES string of the molecule is [Ce].[Cl][Nd].[La].[Pr]. The van der Waals surface area contributed by atoms with Crippen LogP contribution in [0.15, 0.2) is 0 Å². The smallest absolute Gasteiger partial charge is 0 e. The molecule has 0 heterocycles. The summed E-state index contributed by atoms with van der Waals surface area (Å²) >= 11 is 0.778. The fourth-order valence-electron chi connectivity index (χ4n) is 0. The molecule has 0 saturated carbocycles. The van der Waals surface area contributed by atoms with Crippen LogP contribution in [-0.2, 0) is 0 Å². The van der Waals surface area contributed by atoms with Gasteiger partial charge in [-0.1, -0.05) is 0 Å². The number of hydrogen-bond donors (Lipinski definition) is 0. The first-order valence-electron chi connectivity index (χ1n) is 0.189. The minimum Gasteiger partial charge on any atom is 0 e. The van der Waals surface area contributed by atoms with Gasteiger partial charge in [-0.2, -0.15) is 0 Å². The first-order valence-corrected chi connectivity index (χ1v) is 4.20. The molecule has 0 rings (SSSR count). The minimum atomic E-state index is 0. The Bertz CT molecular complexity index is 11.6. The summed E-state index contributed by atoms with van der Waals surface area (Å²) < 4.78 is 0. The van der Waals surface area contributed by atoms with Crippen LogP contribution < -0.4 is 0 Å². The van der Waals surface area contributed by atoms with Crippen molar-refractivity contribution in [3.05, 3.63) is 0 Å². The maximum Gasteiger partial charge on any atom is 0 e. The Labute approximate surface area is 156 Å². The predicted octanol–water partition coefficient (Wildman–Crippen LogP) is 0.690. The monoisotopic (exact) mass is 597 g/mol. The molecule has 0 aromatic rings. The van der Waals surface area contributed by atoms with Crippen LogP contribution in [0, 0.1) is 156 Å². The summed E-state index contributed by atoms with van der Waals surface area (Å²) in [7, 11) is 0. The fourth-order valence-corrected chi connectivity index (χ4v) is 0. The van der Waals surface area contributed by atoms with Crippen molar-refractivity contribution in [2.45, 2.75) is 0 Å². The second kappa shape index (κ2) is 22.7. The van der Waals surface area contributed by atoms with Crippen molar-refractivity contribution in [3.8, 4) is 0 Å². The number of hydrogen-bond acceptors (Lipinski definition) is 0. The Kier molecular flexibility index (Phi) is 102. The van der Waals surface area contributed by atoms with E-state index in [-0.39, 0.29) is 119 Å². The maximum atomic E-state index is 4.78. The molecule has 0 aromatic heterocycles. The first kappa shape index (κ1) is 22.4. The van der Waals surface area contributed by atoms with Gasteiger partial charge in [-0.05, 0) is 0 Å². The third-order valence-electron chi connectivity index (χ3n) is 0. The molecule has 0 fully saturated rings. The molecule has 0 N–H and O–H groups in total. The molecule has 0 nitrogen and oxygen atoms in total. The maximum absolute atomic E-state index is 4.78. The first-order chi connectivity index (χ1) is 1.00. The summed E-state index contributed by atoms with van der Waals surface area (Å²) in [4.78, 5) is 0. The van der Waals surface area contributed by atoms with Gasteiger partial charge in [0.1, 0.15) is 0 Å². The Morgan fingerprint density at radius 1 is 1.20 bits per heavy atom. The van der Waals surface area contributed by atoms with E-state index >= 15 is 0 Å². The molecule has 0 amide bonds. The van der Waals surface area contributed by atoms with Crippen molar-refractivity contribution >= 4 is 5.80 Å². The zero-order valence-corrected chi connectivity index (χ0v) is 17.0. The van der Waals surface area contributed by atoms with Crippen LogP contribution in [0.4, 0.5) is 0 Å². The summed E-state index contributed by atoms with van der Waals surface area (Å²) in [5, 5.41) is 0. The van der Waals surface area contributed by atoms with Gasteiger partial charge >= 0.3 is 43.0 Å². The van der Waals surface area contributed by atoms with Gasteiger partial charge in [-0.3, -0.25) is 0 Å². The molecule has 0 aliphatic carbocycles. The quantitative estimate of drug-likeness (QED) is 0.385. The molecule has 0 atom stereocenters. The van der Waals surface area contributed by atoms with Crippen LogP contribution in [0.1, 0.15) is 0 Å². The second-order valence-electron chi connectivity index (χ2n) is 0. The molecule has 0 unspecified atom stereocenters. The van der Waals surface area contributed by atoms with Gasteiger partial charge in [-0.25, -0.2) is 0 Å². The Morgan fingerprint density at radius 3 is 1.20 bits per heavy atom. The average Bonchev–Trinajstić information content (AvgIpc) is 1.00. The Balaban J connectivity index is -0.00000000167. The number of rotatable bonds is 0. The Hall–Kier alpha value is 5.58. The van der Waals surface area contributed by atoms with Crippen molar-refractivity contribution in [1.29, 1.82) is 0 Å². The van der Waals surface area contributed by atoms with E-state index in [0.717, 1.165) is 37.2 Å². The van der Waals surface area contributed by atoms with E-state index < -0.39 is 0 Å². The van der Waals surface area contributed by atoms with Gasteiger partial charge in [0, 0.05) is 119 Å². The van der Waals surface area contributed by atoms with Crippen molar-refractivity contribution in [1.82, 2.24) is 0 Å². The van der Waals surface area contributed by atoms with Gasteiger partial charge in [0.25, 0.3) is 0 Å². The van der Waals surface area contributed by atoms with E-state index in [1.807, 2.05) is 0 Å². The van der Waals surface area contributed by atoms with E-state index in [2.05, 4.69) is 0 Å². The minimum absolute atomic E-state index is 0. The molecular formula is CeClLaNdPr. The third-order valence-corrected chi connectivity index (χ3v) is 0. The largest absolute Gasteiger partial charge is 0 e. The second-order valence-corrected chi connectivity index (χ2v) is 0. The summed E-state index contributed by atoms with van der Waals surface area (Å²) in [6, 6.07) is 0. The van der Waals surface area contributed by atoms with Gasteiger partial charge in [-0.15, -0.1) is 0 Å². The zero-order valence-electron chi connectivity index (χ0n) is 2.53. The van der Waals surface area contributed by atoms with Gasteiger partial charge in [0.15, 0.2) is 0 Å². The van der Waals surface area contributed by atoms with Crippen molar-refractivity contribution in [2.24, 2.45) is 0 Å². The molecule has 21 valence electrons. The summed E-state index contributed by atoms with van der Waals surface area (Å²) in [5.74, 6) is 4.78. The van der Waals surface area contributed by atoms with E-state index in [1.165, 1.54) is 0 Å². The molecular weight excluding hydrogens is 600 g/mol. The van der Waals surface area contributed by atoms with E-state index in [4.69, 9.17) is 5.80 Å². The zero-order chi connectivity index (χ0) is 2.00. The molecule has 0 bridgehead atoms. The summed E-state index contributed by atoms with van der Waals surface area (Å²) in [6.07, 6.45) is 0. The summed E-state index contributed by atoms with van der Waals surface area (Å²) in [6.45, 7) is 0. The van der Waals surface area contributed by atoms with Crippen LogP contribution in [-0.4, -0.2) is 0 Å². The molecule has 5 heavy (non-hydrogen) atoms. The van der Waals surface area contributed by atoms with Crippen molar-refractivity contribution in [2.75, 3.05) is 0 Å². The van der Waals surface area contributed by atoms with Crippen molar-refractivity contribution < 1.29 is 156 Å². The molecule has 5 heteroatoms. The van der Waals surface area contributed by atoms with Crippen LogP contribution >= 0.6 is 5.80 Å². The van der Waals surface area contributed by atoms with Gasteiger partial charge in [0.05, 0.1) is 0 Å². The molecule has 0 saturated heterocycles. The fraction of sp³-hybridized carbons (Fsp3) is 0. The standard InChI is InChI=1S/Ce.ClH.La.Nd.Pr/h;1H;;;/q;;;+1;/p-1.